The van der Waals surface area contributed by atoms with Crippen molar-refractivity contribution in [2.45, 2.75) is 6.92 Å². The zero-order valence-corrected chi connectivity index (χ0v) is 6.01. The Labute approximate surface area is 62.6 Å². The first-order valence-corrected chi connectivity index (χ1v) is 3.30. The maximum Gasteiger partial charge on any atom is 0.156 e. The molecule has 0 saturated heterocycles. The third-order valence-corrected chi connectivity index (χ3v) is 1.60. The number of H-pyrrole nitrogens is 2. The second kappa shape index (κ2) is 1.95. The molecule has 0 fully saturated rings. The standard InChI is InChI=1S/C7H7N3O/c1-4-9-6-5(3-11)2-8-7(6)10-4/h2-3,8H,1H3,(H,9,10). The van der Waals surface area contributed by atoms with E-state index >= 15 is 0 Å². The average Bonchev–Trinajstić information content (AvgIpc) is 2.45. The fourth-order valence-electron chi connectivity index (χ4n) is 1.12. The molecule has 2 rings (SSSR count). The molecule has 2 heterocycles. The number of imidazole rings is 1. The van der Waals surface area contributed by atoms with E-state index in [2.05, 4.69) is 15.0 Å². The van der Waals surface area contributed by atoms with Gasteiger partial charge in [0.25, 0.3) is 0 Å². The summed E-state index contributed by atoms with van der Waals surface area (Å²) in [4.78, 5) is 20.4. The number of carbonyl (C=O) groups is 1. The summed E-state index contributed by atoms with van der Waals surface area (Å²) in [6, 6.07) is 0. The van der Waals surface area contributed by atoms with Crippen LogP contribution in [0.15, 0.2) is 6.20 Å². The summed E-state index contributed by atoms with van der Waals surface area (Å²) in [6.07, 6.45) is 2.44. The maximum atomic E-state index is 10.4. The summed E-state index contributed by atoms with van der Waals surface area (Å²) in [5.41, 5.74) is 2.16. The molecule has 0 aromatic carbocycles. The minimum Gasteiger partial charge on any atom is -0.344 e. The molecule has 0 amide bonds. The van der Waals surface area contributed by atoms with Crippen LogP contribution < -0.4 is 0 Å². The summed E-state index contributed by atoms with van der Waals surface area (Å²) in [5.74, 6) is 0.815. The van der Waals surface area contributed by atoms with Crippen molar-refractivity contribution in [3.05, 3.63) is 17.6 Å². The second-order valence-corrected chi connectivity index (χ2v) is 2.41. The highest BCUT2D eigenvalue weighted by molar-refractivity contribution is 5.93. The molecule has 0 saturated carbocycles. The highest BCUT2D eigenvalue weighted by Crippen LogP contribution is 2.12. The van der Waals surface area contributed by atoms with E-state index in [1.807, 2.05) is 6.92 Å². The number of aldehydes is 1. The normalized spacial score (nSPS) is 10.6. The van der Waals surface area contributed by atoms with Crippen LogP contribution in [0.2, 0.25) is 0 Å². The van der Waals surface area contributed by atoms with Crippen molar-refractivity contribution in [3.63, 3.8) is 0 Å². The highest BCUT2D eigenvalue weighted by atomic mass is 16.1. The Balaban J connectivity index is 2.83. The van der Waals surface area contributed by atoms with Crippen molar-refractivity contribution >= 4 is 17.5 Å². The van der Waals surface area contributed by atoms with Gasteiger partial charge in [0.2, 0.25) is 0 Å². The van der Waals surface area contributed by atoms with E-state index in [4.69, 9.17) is 0 Å². The van der Waals surface area contributed by atoms with E-state index in [1.165, 1.54) is 0 Å². The van der Waals surface area contributed by atoms with Gasteiger partial charge < -0.3 is 9.97 Å². The molecule has 11 heavy (non-hydrogen) atoms. The molecule has 2 aromatic rings. The van der Waals surface area contributed by atoms with Gasteiger partial charge in [-0.3, -0.25) is 4.79 Å². The summed E-state index contributed by atoms with van der Waals surface area (Å²) in [5, 5.41) is 0. The molecule has 0 unspecified atom stereocenters. The fraction of sp³-hybridized carbons (Fsp3) is 0.143. The van der Waals surface area contributed by atoms with Gasteiger partial charge in [-0.15, -0.1) is 0 Å². The van der Waals surface area contributed by atoms with Gasteiger partial charge in [0.05, 0.1) is 11.1 Å². The van der Waals surface area contributed by atoms with Crippen molar-refractivity contribution < 1.29 is 4.79 Å². The lowest BCUT2D eigenvalue weighted by molar-refractivity contribution is 0.112. The number of nitrogens with zero attached hydrogens (tertiary/aromatic N) is 1. The monoisotopic (exact) mass is 149 g/mol. The van der Waals surface area contributed by atoms with E-state index < -0.39 is 0 Å². The molecule has 0 radical (unpaired) electrons. The third kappa shape index (κ3) is 0.756. The first kappa shape index (κ1) is 6.15. The summed E-state index contributed by atoms with van der Waals surface area (Å²) in [7, 11) is 0. The van der Waals surface area contributed by atoms with Gasteiger partial charge in [-0.2, -0.15) is 0 Å². The van der Waals surface area contributed by atoms with Crippen molar-refractivity contribution in [2.24, 2.45) is 0 Å². The van der Waals surface area contributed by atoms with Gasteiger partial charge in [0.15, 0.2) is 11.9 Å². The van der Waals surface area contributed by atoms with E-state index in [0.717, 1.165) is 23.3 Å². The fourth-order valence-corrected chi connectivity index (χ4v) is 1.12. The van der Waals surface area contributed by atoms with Crippen LogP contribution in [0.5, 0.6) is 0 Å². The summed E-state index contributed by atoms with van der Waals surface area (Å²) in [6.45, 7) is 1.85. The maximum absolute atomic E-state index is 10.4. The van der Waals surface area contributed by atoms with Crippen LogP contribution in [0.25, 0.3) is 11.2 Å². The molecule has 2 N–H and O–H groups in total. The molecular formula is C7H7N3O. The first-order valence-electron chi connectivity index (χ1n) is 3.30. The predicted octanol–water partition coefficient (Wildman–Crippen LogP) is 1.01. The lowest BCUT2D eigenvalue weighted by Gasteiger charge is -1.78. The van der Waals surface area contributed by atoms with Crippen LogP contribution in [-0.4, -0.2) is 21.2 Å². The Morgan fingerprint density at radius 3 is 3.18 bits per heavy atom. The van der Waals surface area contributed by atoms with Crippen molar-refractivity contribution in [1.82, 2.24) is 15.0 Å². The largest absolute Gasteiger partial charge is 0.344 e. The molecule has 0 aliphatic heterocycles. The quantitative estimate of drug-likeness (QED) is 0.594. The number of aromatic amines is 2. The number of hydrogen-bond acceptors (Lipinski definition) is 2. The predicted molar refractivity (Wildman–Crippen MR) is 40.6 cm³/mol. The molecule has 0 spiro atoms. The number of fused-ring (bicyclic) bond motifs is 1. The van der Waals surface area contributed by atoms with E-state index in [-0.39, 0.29) is 0 Å². The number of nitrogens with one attached hydrogen (secondary N) is 2. The Kier molecular flexibility index (Phi) is 1.09. The van der Waals surface area contributed by atoms with Crippen LogP contribution in [0, 0.1) is 6.92 Å². The summed E-state index contributed by atoms with van der Waals surface area (Å²) >= 11 is 0. The molecular weight excluding hydrogens is 142 g/mol. The minimum atomic E-state index is 0.626. The SMILES string of the molecule is Cc1nc2[nH]cc(C=O)c2[nH]1. The lowest BCUT2D eigenvalue weighted by Crippen LogP contribution is -1.76. The van der Waals surface area contributed by atoms with E-state index in [1.54, 1.807) is 6.20 Å². The Morgan fingerprint density at radius 1 is 1.64 bits per heavy atom. The van der Waals surface area contributed by atoms with Crippen LogP contribution in [0.3, 0.4) is 0 Å². The van der Waals surface area contributed by atoms with Gasteiger partial charge in [-0.05, 0) is 6.92 Å². The lowest BCUT2D eigenvalue weighted by atomic mass is 10.3. The molecule has 0 atom stereocenters. The first-order chi connectivity index (χ1) is 5.31. The van der Waals surface area contributed by atoms with Gasteiger partial charge in [-0.1, -0.05) is 0 Å². The third-order valence-electron chi connectivity index (χ3n) is 1.60. The zero-order chi connectivity index (χ0) is 7.84. The van der Waals surface area contributed by atoms with Crippen molar-refractivity contribution in [1.29, 1.82) is 0 Å². The van der Waals surface area contributed by atoms with Gasteiger partial charge >= 0.3 is 0 Å². The van der Waals surface area contributed by atoms with Crippen LogP contribution in [0.1, 0.15) is 16.2 Å². The van der Waals surface area contributed by atoms with E-state index in [0.29, 0.717) is 5.56 Å². The van der Waals surface area contributed by atoms with Crippen molar-refractivity contribution in [3.8, 4) is 0 Å². The number of carbonyl (C=O) groups excluding carboxylic acids is 1. The molecule has 0 aliphatic rings. The van der Waals surface area contributed by atoms with Gasteiger partial charge in [0.1, 0.15) is 5.82 Å². The Hall–Kier alpha value is -1.58. The van der Waals surface area contributed by atoms with Crippen LogP contribution in [0.4, 0.5) is 0 Å². The molecule has 0 bridgehead atoms. The van der Waals surface area contributed by atoms with Crippen molar-refractivity contribution in [2.75, 3.05) is 0 Å². The zero-order valence-electron chi connectivity index (χ0n) is 6.01. The topological polar surface area (TPSA) is 61.5 Å². The Bertz CT molecular complexity index is 399. The van der Waals surface area contributed by atoms with E-state index in [9.17, 15) is 4.79 Å². The highest BCUT2D eigenvalue weighted by Gasteiger charge is 2.04. The molecule has 2 aromatic heterocycles. The number of aryl methyl sites for hydroxylation is 1. The molecule has 4 nitrogen and oxygen atoms in total. The number of rotatable bonds is 1. The number of aromatic nitrogens is 3. The van der Waals surface area contributed by atoms with Gasteiger partial charge in [0, 0.05) is 6.20 Å². The number of hydrogen-bond donors (Lipinski definition) is 2. The second-order valence-electron chi connectivity index (χ2n) is 2.41. The molecule has 4 heteroatoms. The smallest absolute Gasteiger partial charge is 0.156 e. The summed E-state index contributed by atoms with van der Waals surface area (Å²) < 4.78 is 0. The van der Waals surface area contributed by atoms with Gasteiger partial charge in [-0.25, -0.2) is 4.98 Å². The molecule has 0 aliphatic carbocycles. The average molecular weight is 149 g/mol. The Morgan fingerprint density at radius 2 is 2.45 bits per heavy atom. The molecule has 56 valence electrons. The minimum absolute atomic E-state index is 0.626. The van der Waals surface area contributed by atoms with Crippen LogP contribution >= 0.6 is 0 Å². The van der Waals surface area contributed by atoms with Crippen LogP contribution in [-0.2, 0) is 0 Å².